The van der Waals surface area contributed by atoms with Crippen LogP contribution in [0.2, 0.25) is 0 Å². The average Bonchev–Trinajstić information content (AvgIpc) is 2.35. The molecule has 0 aliphatic carbocycles. The second kappa shape index (κ2) is 5.98. The molecule has 92 valence electrons. The van der Waals surface area contributed by atoms with E-state index in [9.17, 15) is 14.9 Å². The number of rotatable bonds is 6. The van der Waals surface area contributed by atoms with Gasteiger partial charge in [0, 0.05) is 25.2 Å². The molecule has 0 saturated heterocycles. The Morgan fingerprint density at radius 1 is 1.47 bits per heavy atom. The predicted molar refractivity (Wildman–Crippen MR) is 66.7 cm³/mol. The molecule has 0 amide bonds. The normalized spacial score (nSPS) is 10.0. The van der Waals surface area contributed by atoms with E-state index < -0.39 is 4.92 Å². The molecule has 0 saturated carbocycles. The number of hydrogen-bond donors (Lipinski definition) is 0. The van der Waals surface area contributed by atoms with Crippen LogP contribution >= 0.6 is 0 Å². The van der Waals surface area contributed by atoms with Gasteiger partial charge in [-0.3, -0.25) is 14.9 Å². The zero-order valence-corrected chi connectivity index (χ0v) is 10.0. The van der Waals surface area contributed by atoms with E-state index in [0.29, 0.717) is 17.5 Å². The van der Waals surface area contributed by atoms with Crippen molar-refractivity contribution in [1.82, 2.24) is 0 Å². The number of nitro groups is 1. The minimum absolute atomic E-state index is 0.0202. The largest absolute Gasteiger partial charge is 0.369 e. The maximum absolute atomic E-state index is 10.9. The van der Waals surface area contributed by atoms with Crippen LogP contribution in [0.15, 0.2) is 18.2 Å². The third-order valence-corrected chi connectivity index (χ3v) is 2.59. The maximum atomic E-state index is 10.9. The first kappa shape index (κ1) is 13.2. The molecule has 0 radical (unpaired) electrons. The Kier molecular flexibility index (Phi) is 4.63. The van der Waals surface area contributed by atoms with Crippen molar-refractivity contribution in [3.63, 3.8) is 0 Å². The van der Waals surface area contributed by atoms with Crippen molar-refractivity contribution in [1.29, 1.82) is 0 Å². The molecule has 0 aliphatic heterocycles. The lowest BCUT2D eigenvalue weighted by Crippen LogP contribution is -2.19. The van der Waals surface area contributed by atoms with Crippen LogP contribution in [0.3, 0.4) is 0 Å². The molecule has 1 aromatic carbocycles. The average molecular weight is 236 g/mol. The van der Waals surface area contributed by atoms with Crippen LogP contribution in [0.5, 0.6) is 0 Å². The topological polar surface area (TPSA) is 63.5 Å². The van der Waals surface area contributed by atoms with Crippen molar-refractivity contribution in [2.24, 2.45) is 0 Å². The van der Waals surface area contributed by atoms with E-state index >= 15 is 0 Å². The van der Waals surface area contributed by atoms with Gasteiger partial charge in [-0.2, -0.15) is 0 Å². The first-order valence-corrected chi connectivity index (χ1v) is 5.55. The van der Waals surface area contributed by atoms with Crippen LogP contribution in [-0.2, 0) is 0 Å². The molecule has 17 heavy (non-hydrogen) atoms. The van der Waals surface area contributed by atoms with E-state index in [1.807, 2.05) is 11.9 Å². The molecule has 1 rings (SSSR count). The summed E-state index contributed by atoms with van der Waals surface area (Å²) in [6, 6.07) is 4.53. The van der Waals surface area contributed by atoms with Crippen LogP contribution < -0.4 is 4.90 Å². The molecule has 0 N–H and O–H groups in total. The third kappa shape index (κ3) is 3.27. The van der Waals surface area contributed by atoms with Gasteiger partial charge in [-0.15, -0.1) is 0 Å². The predicted octanol–water partition coefficient (Wildman–Crippen LogP) is 2.64. The molecule has 0 atom stereocenters. The summed E-state index contributed by atoms with van der Waals surface area (Å²) in [7, 11) is 1.82. The molecule has 0 heterocycles. The Bertz CT molecular complexity index is 418. The quantitative estimate of drug-likeness (QED) is 0.432. The van der Waals surface area contributed by atoms with Gasteiger partial charge in [0.05, 0.1) is 4.92 Å². The van der Waals surface area contributed by atoms with Gasteiger partial charge in [0.25, 0.3) is 5.69 Å². The van der Waals surface area contributed by atoms with E-state index in [-0.39, 0.29) is 5.69 Å². The summed E-state index contributed by atoms with van der Waals surface area (Å²) in [6.07, 6.45) is 2.62. The molecule has 0 aliphatic rings. The summed E-state index contributed by atoms with van der Waals surface area (Å²) in [5.41, 5.74) is 0.853. The number of anilines is 1. The summed E-state index contributed by atoms with van der Waals surface area (Å²) in [5, 5.41) is 10.9. The van der Waals surface area contributed by atoms with Crippen LogP contribution in [0.25, 0.3) is 0 Å². The fraction of sp³-hybridized carbons (Fsp3) is 0.417. The van der Waals surface area contributed by atoms with E-state index in [2.05, 4.69) is 6.92 Å². The van der Waals surface area contributed by atoms with E-state index in [1.54, 1.807) is 12.1 Å². The Labute approximate surface area is 100 Å². The first-order valence-electron chi connectivity index (χ1n) is 5.55. The number of benzene rings is 1. The monoisotopic (exact) mass is 236 g/mol. The molecule has 0 spiro atoms. The Hall–Kier alpha value is -1.91. The summed E-state index contributed by atoms with van der Waals surface area (Å²) < 4.78 is 0. The first-order chi connectivity index (χ1) is 8.10. The molecule has 0 fully saturated rings. The van der Waals surface area contributed by atoms with Gasteiger partial charge in [0.15, 0.2) is 0 Å². The van der Waals surface area contributed by atoms with Gasteiger partial charge < -0.3 is 4.90 Å². The van der Waals surface area contributed by atoms with Crippen LogP contribution in [0.1, 0.15) is 30.1 Å². The third-order valence-electron chi connectivity index (χ3n) is 2.59. The highest BCUT2D eigenvalue weighted by Gasteiger charge is 2.17. The van der Waals surface area contributed by atoms with Gasteiger partial charge in [-0.05, 0) is 18.6 Å². The Morgan fingerprint density at radius 3 is 2.71 bits per heavy atom. The smallest absolute Gasteiger partial charge is 0.293 e. The summed E-state index contributed by atoms with van der Waals surface area (Å²) in [6.45, 7) is 2.83. The second-order valence-corrected chi connectivity index (χ2v) is 3.90. The van der Waals surface area contributed by atoms with Crippen molar-refractivity contribution in [2.75, 3.05) is 18.5 Å². The molecule has 0 unspecified atom stereocenters. The van der Waals surface area contributed by atoms with Crippen molar-refractivity contribution in [3.05, 3.63) is 33.9 Å². The number of unbranched alkanes of at least 4 members (excludes halogenated alkanes) is 1. The number of aldehydes is 1. The van der Waals surface area contributed by atoms with Crippen molar-refractivity contribution >= 4 is 17.7 Å². The highest BCUT2D eigenvalue weighted by atomic mass is 16.6. The van der Waals surface area contributed by atoms with Gasteiger partial charge in [0.1, 0.15) is 12.0 Å². The second-order valence-electron chi connectivity index (χ2n) is 3.90. The molecule has 1 aromatic rings. The van der Waals surface area contributed by atoms with Crippen molar-refractivity contribution < 1.29 is 9.72 Å². The summed E-state index contributed by atoms with van der Waals surface area (Å²) >= 11 is 0. The number of carbonyl (C=O) groups is 1. The fourth-order valence-electron chi connectivity index (χ4n) is 1.60. The van der Waals surface area contributed by atoms with Gasteiger partial charge >= 0.3 is 0 Å². The zero-order chi connectivity index (χ0) is 12.8. The van der Waals surface area contributed by atoms with Crippen LogP contribution in [0.4, 0.5) is 11.4 Å². The number of nitrogens with zero attached hydrogens (tertiary/aromatic N) is 2. The standard InChI is InChI=1S/C12H16N2O3/c1-3-4-7-13(2)11-6-5-10(9-15)8-12(11)14(16)17/h5-6,8-9H,3-4,7H2,1-2H3. The lowest BCUT2D eigenvalue weighted by molar-refractivity contribution is -0.384. The SMILES string of the molecule is CCCCN(C)c1ccc(C=O)cc1[N+](=O)[O-]. The molecule has 5 heteroatoms. The lowest BCUT2D eigenvalue weighted by atomic mass is 10.1. The van der Waals surface area contributed by atoms with E-state index in [0.717, 1.165) is 19.4 Å². The number of hydrogen-bond acceptors (Lipinski definition) is 4. The summed E-state index contributed by atoms with van der Waals surface area (Å²) in [5.74, 6) is 0. The van der Waals surface area contributed by atoms with Crippen molar-refractivity contribution in [2.45, 2.75) is 19.8 Å². The highest BCUT2D eigenvalue weighted by molar-refractivity contribution is 5.79. The minimum atomic E-state index is -0.454. The Balaban J connectivity index is 3.05. The van der Waals surface area contributed by atoms with E-state index in [4.69, 9.17) is 0 Å². The van der Waals surface area contributed by atoms with Crippen molar-refractivity contribution in [3.8, 4) is 0 Å². The van der Waals surface area contributed by atoms with Crippen LogP contribution in [0, 0.1) is 10.1 Å². The van der Waals surface area contributed by atoms with Gasteiger partial charge in [-0.1, -0.05) is 13.3 Å². The van der Waals surface area contributed by atoms with Gasteiger partial charge in [-0.25, -0.2) is 0 Å². The molecule has 0 aromatic heterocycles. The maximum Gasteiger partial charge on any atom is 0.293 e. The minimum Gasteiger partial charge on any atom is -0.369 e. The highest BCUT2D eigenvalue weighted by Crippen LogP contribution is 2.28. The molecular formula is C12H16N2O3. The Morgan fingerprint density at radius 2 is 2.18 bits per heavy atom. The molecule has 5 nitrogen and oxygen atoms in total. The number of nitro benzene ring substituents is 1. The molecule has 0 bridgehead atoms. The lowest BCUT2D eigenvalue weighted by Gasteiger charge is -2.18. The zero-order valence-electron chi connectivity index (χ0n) is 10.0. The van der Waals surface area contributed by atoms with Crippen LogP contribution in [-0.4, -0.2) is 24.8 Å². The number of carbonyl (C=O) groups excluding carboxylic acids is 1. The summed E-state index contributed by atoms with van der Waals surface area (Å²) in [4.78, 5) is 22.9. The molecular weight excluding hydrogens is 220 g/mol. The van der Waals surface area contributed by atoms with E-state index in [1.165, 1.54) is 6.07 Å². The van der Waals surface area contributed by atoms with Gasteiger partial charge in [0.2, 0.25) is 0 Å². The fourth-order valence-corrected chi connectivity index (χ4v) is 1.60.